The van der Waals surface area contributed by atoms with Crippen LogP contribution < -0.4 is 4.74 Å². The Bertz CT molecular complexity index is 2080. The number of pyridine rings is 3. The van der Waals surface area contributed by atoms with Crippen molar-refractivity contribution < 1.29 is 19.1 Å². The Morgan fingerprint density at radius 3 is 2.06 bits per heavy atom. The molecule has 2 saturated heterocycles. The van der Waals surface area contributed by atoms with Crippen molar-refractivity contribution in [1.82, 2.24) is 24.8 Å². The van der Waals surface area contributed by atoms with Crippen LogP contribution in [0.25, 0.3) is 44.5 Å². The Kier molecular flexibility index (Phi) is 9.35. The molecule has 0 spiro atoms. The quantitative estimate of drug-likeness (QED) is 0.144. The molecule has 0 aliphatic carbocycles. The van der Waals surface area contributed by atoms with Gasteiger partial charge in [-0.2, -0.15) is 0 Å². The largest absolute Gasteiger partial charge is 0.481 e. The fraction of sp³-hybridized carbons (Fsp3) is 0.289. The first-order chi connectivity index (χ1) is 23.7. The van der Waals surface area contributed by atoms with Gasteiger partial charge in [0.1, 0.15) is 5.78 Å². The summed E-state index contributed by atoms with van der Waals surface area (Å²) in [7, 11) is 3.01. The molecule has 5 aromatic rings. The third kappa shape index (κ3) is 6.64. The number of ketones is 1. The lowest BCUT2D eigenvalue weighted by molar-refractivity contribution is -0.151. The molecule has 0 N–H and O–H groups in total. The number of fused-ring (bicyclic) bond motifs is 1. The summed E-state index contributed by atoms with van der Waals surface area (Å²) in [5.41, 5.74) is 7.28. The number of Topliss-reactive ketones (excluding diaryl/α,β-unsaturated/α-hetero) is 1. The van der Waals surface area contributed by atoms with Crippen molar-refractivity contribution in [1.29, 1.82) is 0 Å². The Balaban J connectivity index is 1.12. The number of carbonyl (C=O) groups excluding carboxylic acids is 2. The van der Waals surface area contributed by atoms with Crippen molar-refractivity contribution in [3.05, 3.63) is 94.2 Å². The van der Waals surface area contributed by atoms with Crippen molar-refractivity contribution in [2.75, 3.05) is 40.4 Å². The van der Waals surface area contributed by atoms with Gasteiger partial charge in [-0.3, -0.25) is 29.4 Å². The van der Waals surface area contributed by atoms with Crippen LogP contribution in [0.2, 0.25) is 10.0 Å². The van der Waals surface area contributed by atoms with Crippen molar-refractivity contribution in [3.63, 3.8) is 0 Å². The number of likely N-dealkylation sites (tertiary alicyclic amines) is 2. The van der Waals surface area contributed by atoms with Crippen LogP contribution in [0.15, 0.2) is 73.1 Å². The van der Waals surface area contributed by atoms with Crippen molar-refractivity contribution >= 4 is 45.9 Å². The minimum absolute atomic E-state index is 0.0959. The number of hydrogen-bond donors (Lipinski definition) is 0. The van der Waals surface area contributed by atoms with Gasteiger partial charge in [0.05, 0.1) is 47.1 Å². The van der Waals surface area contributed by atoms with Gasteiger partial charge in [0.25, 0.3) is 0 Å². The van der Waals surface area contributed by atoms with Gasteiger partial charge in [0.2, 0.25) is 5.88 Å². The monoisotopic (exact) mass is 695 g/mol. The number of halogens is 2. The van der Waals surface area contributed by atoms with E-state index in [-0.39, 0.29) is 23.6 Å². The average molecular weight is 697 g/mol. The SMILES string of the molecule is COC(=O)C1CN(Cc2ccc(-c3cccc(-c4cccc(-c5cc6ncc(CN7CC(C(C)=O)C7)cc6cn5)c4Cl)c3Cl)nc2OC)C1. The van der Waals surface area contributed by atoms with Gasteiger partial charge in [-0.1, -0.05) is 65.7 Å². The molecule has 49 heavy (non-hydrogen) atoms. The summed E-state index contributed by atoms with van der Waals surface area (Å²) < 4.78 is 10.5. The van der Waals surface area contributed by atoms with Crippen LogP contribution in [0.1, 0.15) is 18.1 Å². The van der Waals surface area contributed by atoms with Gasteiger partial charge in [-0.15, -0.1) is 0 Å². The number of rotatable bonds is 10. The summed E-state index contributed by atoms with van der Waals surface area (Å²) in [6.07, 6.45) is 3.71. The highest BCUT2D eigenvalue weighted by Crippen LogP contribution is 2.42. The van der Waals surface area contributed by atoms with Crippen LogP contribution in [-0.2, 0) is 27.4 Å². The first-order valence-electron chi connectivity index (χ1n) is 16.1. The molecule has 11 heteroatoms. The third-order valence-corrected chi connectivity index (χ3v) is 10.2. The van der Waals surface area contributed by atoms with E-state index in [1.807, 2.05) is 67.0 Å². The van der Waals surface area contributed by atoms with E-state index < -0.39 is 0 Å². The first kappa shape index (κ1) is 33.1. The minimum Gasteiger partial charge on any atom is -0.481 e. The van der Waals surface area contributed by atoms with E-state index in [1.165, 1.54) is 7.11 Å². The zero-order valence-corrected chi connectivity index (χ0v) is 29.0. The second-order valence-electron chi connectivity index (χ2n) is 12.7. The summed E-state index contributed by atoms with van der Waals surface area (Å²) in [5, 5.41) is 1.99. The number of aromatic nitrogens is 3. The number of hydrogen-bond acceptors (Lipinski definition) is 9. The molecule has 0 radical (unpaired) electrons. The molecular weight excluding hydrogens is 661 g/mol. The Morgan fingerprint density at radius 2 is 1.41 bits per heavy atom. The van der Waals surface area contributed by atoms with Gasteiger partial charge in [-0.05, 0) is 30.7 Å². The summed E-state index contributed by atoms with van der Waals surface area (Å²) in [5.74, 6) is 0.628. The fourth-order valence-corrected chi connectivity index (χ4v) is 7.21. The molecule has 3 aromatic heterocycles. The molecule has 250 valence electrons. The number of carbonyl (C=O) groups is 2. The lowest BCUT2D eigenvalue weighted by Gasteiger charge is -2.37. The molecule has 0 bridgehead atoms. The van der Waals surface area contributed by atoms with E-state index >= 15 is 0 Å². The lowest BCUT2D eigenvalue weighted by atomic mass is 9.95. The summed E-state index contributed by atoms with van der Waals surface area (Å²) in [4.78, 5) is 42.1. The molecule has 9 nitrogen and oxygen atoms in total. The Morgan fingerprint density at radius 1 is 0.776 bits per heavy atom. The molecule has 0 unspecified atom stereocenters. The number of methoxy groups -OCH3 is 2. The molecule has 7 rings (SSSR count). The van der Waals surface area contributed by atoms with Crippen LogP contribution in [0.3, 0.4) is 0 Å². The average Bonchev–Trinajstić information content (AvgIpc) is 3.07. The van der Waals surface area contributed by atoms with Crippen LogP contribution in [0.4, 0.5) is 0 Å². The highest BCUT2D eigenvalue weighted by atomic mass is 35.5. The smallest absolute Gasteiger partial charge is 0.311 e. The van der Waals surface area contributed by atoms with Crippen LogP contribution >= 0.6 is 23.2 Å². The predicted octanol–water partition coefficient (Wildman–Crippen LogP) is 6.97. The Hall–Kier alpha value is -4.41. The number of nitrogens with zero attached hydrogens (tertiary/aromatic N) is 5. The maximum absolute atomic E-state index is 11.8. The lowest BCUT2D eigenvalue weighted by Crippen LogP contribution is -2.50. The third-order valence-electron chi connectivity index (χ3n) is 9.42. The van der Waals surface area contributed by atoms with E-state index in [4.69, 9.17) is 47.6 Å². The standard InChI is InChI=1S/C38H35Cl2N5O4/c1-22(46)26-18-44(19-26)16-23-12-25-15-42-34(13-33(25)41-14-23)31-9-5-7-29(36(31)40)28-6-4-8-30(35(28)39)32-11-10-24(37(43-32)48-2)17-45-20-27(21-45)38(47)49-3/h4-15,26-27H,16-21H2,1-3H3. The molecule has 0 saturated carbocycles. The number of benzene rings is 2. The summed E-state index contributed by atoms with van der Waals surface area (Å²) >= 11 is 14.2. The zero-order valence-electron chi connectivity index (χ0n) is 27.5. The Labute approximate surface area is 294 Å². The van der Waals surface area contributed by atoms with E-state index in [0.29, 0.717) is 46.9 Å². The van der Waals surface area contributed by atoms with Crippen molar-refractivity contribution in [2.45, 2.75) is 20.0 Å². The molecule has 2 fully saturated rings. The minimum atomic E-state index is -0.180. The van der Waals surface area contributed by atoms with E-state index in [0.717, 1.165) is 63.9 Å². The predicted molar refractivity (Wildman–Crippen MR) is 190 cm³/mol. The van der Waals surface area contributed by atoms with Crippen LogP contribution in [0.5, 0.6) is 5.88 Å². The first-order valence-corrected chi connectivity index (χ1v) is 16.9. The summed E-state index contributed by atoms with van der Waals surface area (Å²) in [6.45, 7) is 5.90. The number of esters is 1. The fourth-order valence-electron chi connectivity index (χ4n) is 6.56. The number of ether oxygens (including phenoxy) is 2. The van der Waals surface area contributed by atoms with Gasteiger partial charge in [0.15, 0.2) is 0 Å². The molecular formula is C38H35Cl2N5O4. The van der Waals surface area contributed by atoms with E-state index in [2.05, 4.69) is 15.9 Å². The zero-order chi connectivity index (χ0) is 34.2. The molecule has 5 heterocycles. The topological polar surface area (TPSA) is 97.8 Å². The van der Waals surface area contributed by atoms with Crippen LogP contribution in [-0.4, -0.2) is 76.9 Å². The maximum Gasteiger partial charge on any atom is 0.311 e. The second-order valence-corrected chi connectivity index (χ2v) is 13.5. The molecule has 2 aromatic carbocycles. The maximum atomic E-state index is 11.8. The van der Waals surface area contributed by atoms with Crippen molar-refractivity contribution in [2.24, 2.45) is 11.8 Å². The highest BCUT2D eigenvalue weighted by molar-refractivity contribution is 6.39. The van der Waals surface area contributed by atoms with E-state index in [1.54, 1.807) is 14.0 Å². The van der Waals surface area contributed by atoms with Gasteiger partial charge in [-0.25, -0.2) is 4.98 Å². The van der Waals surface area contributed by atoms with Gasteiger partial charge < -0.3 is 9.47 Å². The van der Waals surface area contributed by atoms with Gasteiger partial charge in [0, 0.05) is 90.8 Å². The van der Waals surface area contributed by atoms with E-state index in [9.17, 15) is 9.59 Å². The normalized spacial score (nSPS) is 15.5. The molecule has 0 atom stereocenters. The highest BCUT2D eigenvalue weighted by Gasteiger charge is 2.34. The second kappa shape index (κ2) is 13.8. The summed E-state index contributed by atoms with van der Waals surface area (Å²) in [6, 6.07) is 19.6. The van der Waals surface area contributed by atoms with Crippen LogP contribution in [0, 0.1) is 11.8 Å². The molecule has 2 aliphatic heterocycles. The van der Waals surface area contributed by atoms with Gasteiger partial charge >= 0.3 is 5.97 Å². The van der Waals surface area contributed by atoms with Crippen molar-refractivity contribution in [3.8, 4) is 39.5 Å². The molecule has 0 amide bonds. The molecule has 2 aliphatic rings.